The van der Waals surface area contributed by atoms with Gasteiger partial charge in [-0.3, -0.25) is 4.79 Å². The summed E-state index contributed by atoms with van der Waals surface area (Å²) in [5, 5.41) is 7.99. The molecule has 1 amide bonds. The van der Waals surface area contributed by atoms with Crippen LogP contribution >= 0.6 is 23.4 Å². The highest BCUT2D eigenvalue weighted by molar-refractivity contribution is 7.99. The number of thioether (sulfide) groups is 1. The van der Waals surface area contributed by atoms with Gasteiger partial charge in [-0.2, -0.15) is 16.9 Å². The second-order valence-corrected chi connectivity index (χ2v) is 8.65. The fraction of sp³-hybridized carbons (Fsp3) is 0.273. The molecule has 2 heterocycles. The Hall–Kier alpha value is -2.44. The summed E-state index contributed by atoms with van der Waals surface area (Å²) in [6, 6.07) is 15.9. The summed E-state index contributed by atoms with van der Waals surface area (Å²) in [5.74, 6) is 2.23. The van der Waals surface area contributed by atoms with Crippen LogP contribution in [-0.4, -0.2) is 40.3 Å². The number of benzene rings is 2. The number of aromatic nitrogens is 2. The van der Waals surface area contributed by atoms with Crippen LogP contribution < -0.4 is 10.2 Å². The SMILES string of the molecule is Cc1c(C(=O)NCc2ccc(N3CCSCC3)cc2)cnn1-c1cccc(Cl)c1. The average Bonchev–Trinajstić information content (AvgIpc) is 3.14. The molecule has 1 aliphatic rings. The molecule has 0 atom stereocenters. The molecule has 0 bridgehead atoms. The van der Waals surface area contributed by atoms with E-state index in [0.29, 0.717) is 17.1 Å². The largest absolute Gasteiger partial charge is 0.370 e. The molecule has 29 heavy (non-hydrogen) atoms. The number of amides is 1. The molecule has 5 nitrogen and oxygen atoms in total. The molecule has 0 unspecified atom stereocenters. The predicted molar refractivity (Wildman–Crippen MR) is 120 cm³/mol. The molecule has 1 saturated heterocycles. The minimum absolute atomic E-state index is 0.132. The third-order valence-electron chi connectivity index (χ3n) is 5.07. The lowest BCUT2D eigenvalue weighted by molar-refractivity contribution is 0.0950. The first kappa shape index (κ1) is 19.9. The van der Waals surface area contributed by atoms with Gasteiger partial charge in [0, 0.05) is 41.8 Å². The van der Waals surface area contributed by atoms with Crippen LogP contribution in [0.4, 0.5) is 5.69 Å². The number of hydrogen-bond acceptors (Lipinski definition) is 4. The molecule has 1 aromatic heterocycles. The van der Waals surface area contributed by atoms with Crippen LogP contribution in [0.2, 0.25) is 5.02 Å². The normalized spacial score (nSPS) is 14.1. The molecule has 1 N–H and O–H groups in total. The molecule has 0 aliphatic carbocycles. The highest BCUT2D eigenvalue weighted by Gasteiger charge is 2.15. The van der Waals surface area contributed by atoms with E-state index in [0.717, 1.165) is 30.0 Å². The number of hydrogen-bond donors (Lipinski definition) is 1. The Kier molecular flexibility index (Phi) is 6.11. The van der Waals surface area contributed by atoms with Gasteiger partial charge in [-0.1, -0.05) is 29.8 Å². The minimum Gasteiger partial charge on any atom is -0.370 e. The van der Waals surface area contributed by atoms with Crippen molar-refractivity contribution in [3.8, 4) is 5.69 Å². The van der Waals surface area contributed by atoms with E-state index in [2.05, 4.69) is 39.6 Å². The van der Waals surface area contributed by atoms with E-state index in [1.165, 1.54) is 17.2 Å². The molecule has 0 saturated carbocycles. The van der Waals surface area contributed by atoms with Crippen molar-refractivity contribution in [3.05, 3.63) is 76.6 Å². The highest BCUT2D eigenvalue weighted by Crippen LogP contribution is 2.20. The number of nitrogens with one attached hydrogen (secondary N) is 1. The number of carbonyl (C=O) groups is 1. The molecular weight excluding hydrogens is 404 g/mol. The van der Waals surface area contributed by atoms with Gasteiger partial charge < -0.3 is 10.2 Å². The van der Waals surface area contributed by atoms with Crippen molar-refractivity contribution in [2.24, 2.45) is 0 Å². The quantitative estimate of drug-likeness (QED) is 0.660. The van der Waals surface area contributed by atoms with E-state index >= 15 is 0 Å². The summed E-state index contributed by atoms with van der Waals surface area (Å²) in [4.78, 5) is 15.1. The van der Waals surface area contributed by atoms with Crippen molar-refractivity contribution in [1.29, 1.82) is 0 Å². The van der Waals surface area contributed by atoms with E-state index in [4.69, 9.17) is 11.6 Å². The fourth-order valence-corrected chi connectivity index (χ4v) is 4.51. The van der Waals surface area contributed by atoms with Gasteiger partial charge >= 0.3 is 0 Å². The predicted octanol–water partition coefficient (Wildman–Crippen LogP) is 4.32. The fourth-order valence-electron chi connectivity index (χ4n) is 3.42. The second kappa shape index (κ2) is 8.93. The number of rotatable bonds is 5. The first-order valence-electron chi connectivity index (χ1n) is 9.62. The van der Waals surface area contributed by atoms with Crippen molar-refractivity contribution < 1.29 is 4.79 Å². The van der Waals surface area contributed by atoms with Gasteiger partial charge in [0.2, 0.25) is 0 Å². The van der Waals surface area contributed by atoms with Crippen molar-refractivity contribution in [2.75, 3.05) is 29.5 Å². The van der Waals surface area contributed by atoms with Crippen LogP contribution in [-0.2, 0) is 6.54 Å². The Morgan fingerprint density at radius 2 is 1.90 bits per heavy atom. The van der Waals surface area contributed by atoms with Gasteiger partial charge in [0.15, 0.2) is 0 Å². The second-order valence-electron chi connectivity index (χ2n) is 6.98. The summed E-state index contributed by atoms with van der Waals surface area (Å²) >= 11 is 8.08. The zero-order valence-corrected chi connectivity index (χ0v) is 17.8. The van der Waals surface area contributed by atoms with Crippen LogP contribution in [0.1, 0.15) is 21.6 Å². The Balaban J connectivity index is 1.40. The topological polar surface area (TPSA) is 50.2 Å². The van der Waals surface area contributed by atoms with Crippen LogP contribution in [0.15, 0.2) is 54.7 Å². The van der Waals surface area contributed by atoms with Gasteiger partial charge in [-0.25, -0.2) is 4.68 Å². The monoisotopic (exact) mass is 426 g/mol. The van der Waals surface area contributed by atoms with E-state index in [9.17, 15) is 4.79 Å². The van der Waals surface area contributed by atoms with Gasteiger partial charge in [0.25, 0.3) is 5.91 Å². The Morgan fingerprint density at radius 3 is 2.62 bits per heavy atom. The number of halogens is 1. The van der Waals surface area contributed by atoms with E-state index in [1.54, 1.807) is 10.9 Å². The molecule has 1 fully saturated rings. The maximum Gasteiger partial charge on any atom is 0.255 e. The number of carbonyl (C=O) groups excluding carboxylic acids is 1. The number of anilines is 1. The summed E-state index contributed by atoms with van der Waals surface area (Å²) < 4.78 is 1.73. The van der Waals surface area contributed by atoms with E-state index in [-0.39, 0.29) is 5.91 Å². The van der Waals surface area contributed by atoms with Gasteiger partial charge in [0.1, 0.15) is 0 Å². The summed E-state index contributed by atoms with van der Waals surface area (Å²) in [7, 11) is 0. The molecule has 4 rings (SSSR count). The maximum atomic E-state index is 12.7. The van der Waals surface area contributed by atoms with E-state index in [1.807, 2.05) is 43.0 Å². The zero-order valence-electron chi connectivity index (χ0n) is 16.3. The first-order valence-corrected chi connectivity index (χ1v) is 11.2. The van der Waals surface area contributed by atoms with Crippen LogP contribution in [0, 0.1) is 6.92 Å². The first-order chi connectivity index (χ1) is 14.1. The third kappa shape index (κ3) is 4.60. The Morgan fingerprint density at radius 1 is 1.14 bits per heavy atom. The molecule has 7 heteroatoms. The lowest BCUT2D eigenvalue weighted by atomic mass is 10.1. The average molecular weight is 427 g/mol. The molecule has 150 valence electrons. The summed E-state index contributed by atoms with van der Waals surface area (Å²) in [5.41, 5.74) is 4.50. The molecule has 3 aromatic rings. The van der Waals surface area contributed by atoms with Gasteiger partial charge in [-0.15, -0.1) is 0 Å². The van der Waals surface area contributed by atoms with Crippen LogP contribution in [0.3, 0.4) is 0 Å². The van der Waals surface area contributed by atoms with Gasteiger partial charge in [-0.05, 0) is 42.8 Å². The Labute approximate surface area is 180 Å². The van der Waals surface area contributed by atoms with Crippen LogP contribution in [0.25, 0.3) is 5.69 Å². The van der Waals surface area contributed by atoms with Crippen molar-refractivity contribution in [1.82, 2.24) is 15.1 Å². The molecule has 0 spiro atoms. The van der Waals surface area contributed by atoms with Crippen molar-refractivity contribution in [3.63, 3.8) is 0 Å². The molecular formula is C22H23ClN4OS. The van der Waals surface area contributed by atoms with E-state index < -0.39 is 0 Å². The summed E-state index contributed by atoms with van der Waals surface area (Å²) in [6.07, 6.45) is 1.60. The van der Waals surface area contributed by atoms with Crippen molar-refractivity contribution in [2.45, 2.75) is 13.5 Å². The molecule has 1 aliphatic heterocycles. The zero-order chi connectivity index (χ0) is 20.2. The van der Waals surface area contributed by atoms with Crippen molar-refractivity contribution >= 4 is 35.0 Å². The summed E-state index contributed by atoms with van der Waals surface area (Å²) in [6.45, 7) is 4.55. The standard InChI is InChI=1S/C22H23ClN4OS/c1-16-21(15-25-27(16)20-4-2-3-18(23)13-20)22(28)24-14-17-5-7-19(8-6-17)26-9-11-29-12-10-26/h2-8,13,15H,9-12,14H2,1H3,(H,24,28). The molecule has 0 radical (unpaired) electrons. The lowest BCUT2D eigenvalue weighted by Gasteiger charge is -2.28. The Bertz CT molecular complexity index is 996. The van der Waals surface area contributed by atoms with Crippen LogP contribution in [0.5, 0.6) is 0 Å². The maximum absolute atomic E-state index is 12.7. The van der Waals surface area contributed by atoms with Gasteiger partial charge in [0.05, 0.1) is 23.1 Å². The molecule has 2 aromatic carbocycles. The smallest absolute Gasteiger partial charge is 0.255 e. The highest BCUT2D eigenvalue weighted by atomic mass is 35.5. The minimum atomic E-state index is -0.132. The third-order valence-corrected chi connectivity index (χ3v) is 6.25. The lowest BCUT2D eigenvalue weighted by Crippen LogP contribution is -2.32. The number of nitrogens with zero attached hydrogens (tertiary/aromatic N) is 3.